The van der Waals surface area contributed by atoms with Crippen molar-refractivity contribution < 1.29 is 4.79 Å². The van der Waals surface area contributed by atoms with Crippen LogP contribution in [0.2, 0.25) is 5.02 Å². The zero-order valence-corrected chi connectivity index (χ0v) is 10.2. The van der Waals surface area contributed by atoms with E-state index in [0.29, 0.717) is 11.6 Å². The van der Waals surface area contributed by atoms with E-state index in [2.05, 4.69) is 0 Å². The molecule has 1 rings (SSSR count). The van der Waals surface area contributed by atoms with Crippen LogP contribution in [0.1, 0.15) is 12.5 Å². The van der Waals surface area contributed by atoms with Gasteiger partial charge in [0.25, 0.3) is 0 Å². The van der Waals surface area contributed by atoms with Crippen molar-refractivity contribution in [2.45, 2.75) is 18.8 Å². The topological polar surface area (TPSA) is 20.3 Å². The van der Waals surface area contributed by atoms with Gasteiger partial charge in [0.1, 0.15) is 5.38 Å². The number of alkyl halides is 1. The number of nitrogens with zero attached hydrogens (tertiary/aromatic N) is 1. The van der Waals surface area contributed by atoms with Crippen LogP contribution < -0.4 is 0 Å². The highest BCUT2D eigenvalue weighted by Crippen LogP contribution is 2.17. The van der Waals surface area contributed by atoms with Gasteiger partial charge in [-0.1, -0.05) is 29.8 Å². The number of carbonyl (C=O) groups excluding carboxylic acids is 1. The molecule has 0 radical (unpaired) electrons. The van der Waals surface area contributed by atoms with Crippen molar-refractivity contribution in [1.82, 2.24) is 4.90 Å². The highest BCUT2D eigenvalue weighted by molar-refractivity contribution is 6.31. The summed E-state index contributed by atoms with van der Waals surface area (Å²) in [4.78, 5) is 13.1. The van der Waals surface area contributed by atoms with Crippen molar-refractivity contribution in [3.8, 4) is 0 Å². The van der Waals surface area contributed by atoms with Crippen LogP contribution in [0.25, 0.3) is 0 Å². The Labute approximate surface area is 99.8 Å². The monoisotopic (exact) mass is 245 g/mol. The van der Waals surface area contributed by atoms with E-state index in [0.717, 1.165) is 5.56 Å². The summed E-state index contributed by atoms with van der Waals surface area (Å²) in [6, 6.07) is 7.45. The molecular formula is C11H13Cl2NO. The van der Waals surface area contributed by atoms with Gasteiger partial charge in [-0.05, 0) is 18.6 Å². The minimum atomic E-state index is -0.502. The molecule has 0 saturated carbocycles. The fourth-order valence-corrected chi connectivity index (χ4v) is 1.63. The third kappa shape index (κ3) is 3.40. The second-order valence-corrected chi connectivity index (χ2v) is 4.46. The van der Waals surface area contributed by atoms with Gasteiger partial charge in [0, 0.05) is 18.6 Å². The Morgan fingerprint density at radius 3 is 2.60 bits per heavy atom. The van der Waals surface area contributed by atoms with Crippen LogP contribution in [-0.2, 0) is 11.3 Å². The molecule has 15 heavy (non-hydrogen) atoms. The van der Waals surface area contributed by atoms with E-state index in [1.807, 2.05) is 18.2 Å². The summed E-state index contributed by atoms with van der Waals surface area (Å²) in [6.45, 7) is 2.14. The molecular weight excluding hydrogens is 233 g/mol. The summed E-state index contributed by atoms with van der Waals surface area (Å²) in [7, 11) is 1.71. The lowest BCUT2D eigenvalue weighted by molar-refractivity contribution is -0.129. The van der Waals surface area contributed by atoms with E-state index in [1.54, 1.807) is 24.9 Å². The molecule has 1 unspecified atom stereocenters. The minimum Gasteiger partial charge on any atom is -0.340 e. The normalized spacial score (nSPS) is 12.3. The number of amides is 1. The van der Waals surface area contributed by atoms with Gasteiger partial charge in [-0.2, -0.15) is 0 Å². The molecule has 82 valence electrons. The van der Waals surface area contributed by atoms with Crippen LogP contribution in [0.5, 0.6) is 0 Å². The van der Waals surface area contributed by atoms with Crippen molar-refractivity contribution in [2.24, 2.45) is 0 Å². The fourth-order valence-electron chi connectivity index (χ4n) is 1.26. The predicted molar refractivity (Wildman–Crippen MR) is 63.2 cm³/mol. The standard InChI is InChI=1S/C11H13Cl2NO/c1-8(12)11(15)14(2)7-9-5-3-4-6-10(9)13/h3-6,8H,7H2,1-2H3. The Kier molecular flexibility index (Phi) is 4.43. The predicted octanol–water partition coefficient (Wildman–Crippen LogP) is 2.93. The zero-order valence-electron chi connectivity index (χ0n) is 8.71. The van der Waals surface area contributed by atoms with Crippen molar-refractivity contribution in [3.63, 3.8) is 0 Å². The Bertz CT molecular complexity index is 352. The molecule has 4 heteroatoms. The maximum atomic E-state index is 11.5. The number of carbonyl (C=O) groups is 1. The lowest BCUT2D eigenvalue weighted by Crippen LogP contribution is -2.31. The molecule has 0 N–H and O–H groups in total. The van der Waals surface area contributed by atoms with E-state index in [-0.39, 0.29) is 5.91 Å². The first-order valence-electron chi connectivity index (χ1n) is 4.65. The van der Waals surface area contributed by atoms with Crippen molar-refractivity contribution in [3.05, 3.63) is 34.9 Å². The Hall–Kier alpha value is -0.730. The van der Waals surface area contributed by atoms with E-state index >= 15 is 0 Å². The van der Waals surface area contributed by atoms with Crippen molar-refractivity contribution >= 4 is 29.1 Å². The zero-order chi connectivity index (χ0) is 11.4. The SMILES string of the molecule is CC(Cl)C(=O)N(C)Cc1ccccc1Cl. The fraction of sp³-hybridized carbons (Fsp3) is 0.364. The van der Waals surface area contributed by atoms with E-state index in [1.165, 1.54) is 0 Å². The molecule has 1 aromatic carbocycles. The summed E-state index contributed by atoms with van der Waals surface area (Å²) in [6.07, 6.45) is 0. The Morgan fingerprint density at radius 2 is 2.07 bits per heavy atom. The number of benzene rings is 1. The smallest absolute Gasteiger partial charge is 0.240 e. The lowest BCUT2D eigenvalue weighted by Gasteiger charge is -2.19. The first-order valence-corrected chi connectivity index (χ1v) is 5.46. The van der Waals surface area contributed by atoms with Crippen LogP contribution in [-0.4, -0.2) is 23.2 Å². The average Bonchev–Trinajstić information content (AvgIpc) is 2.20. The van der Waals surface area contributed by atoms with Gasteiger partial charge < -0.3 is 4.90 Å². The van der Waals surface area contributed by atoms with Gasteiger partial charge >= 0.3 is 0 Å². The second kappa shape index (κ2) is 5.38. The molecule has 0 saturated heterocycles. The quantitative estimate of drug-likeness (QED) is 0.751. The number of hydrogen-bond acceptors (Lipinski definition) is 1. The van der Waals surface area contributed by atoms with E-state index in [4.69, 9.17) is 23.2 Å². The van der Waals surface area contributed by atoms with Crippen LogP contribution in [0, 0.1) is 0 Å². The Balaban J connectivity index is 2.71. The van der Waals surface area contributed by atoms with Gasteiger partial charge in [0.15, 0.2) is 0 Å². The van der Waals surface area contributed by atoms with Gasteiger partial charge in [-0.15, -0.1) is 11.6 Å². The maximum Gasteiger partial charge on any atom is 0.240 e. The third-order valence-corrected chi connectivity index (χ3v) is 2.64. The molecule has 0 spiro atoms. The Morgan fingerprint density at radius 1 is 1.47 bits per heavy atom. The van der Waals surface area contributed by atoms with Gasteiger partial charge in [-0.25, -0.2) is 0 Å². The maximum absolute atomic E-state index is 11.5. The molecule has 0 aliphatic carbocycles. The highest BCUT2D eigenvalue weighted by Gasteiger charge is 2.15. The molecule has 0 aliphatic heterocycles. The molecule has 0 aliphatic rings. The molecule has 1 atom stereocenters. The van der Waals surface area contributed by atoms with Crippen molar-refractivity contribution in [2.75, 3.05) is 7.05 Å². The molecule has 0 fully saturated rings. The van der Waals surface area contributed by atoms with Gasteiger partial charge in [0.2, 0.25) is 5.91 Å². The summed E-state index contributed by atoms with van der Waals surface area (Å²) < 4.78 is 0. The average molecular weight is 246 g/mol. The molecule has 0 heterocycles. The molecule has 1 amide bonds. The molecule has 2 nitrogen and oxygen atoms in total. The van der Waals surface area contributed by atoms with Gasteiger partial charge in [-0.3, -0.25) is 4.79 Å². The van der Waals surface area contributed by atoms with Crippen LogP contribution in [0.4, 0.5) is 0 Å². The van der Waals surface area contributed by atoms with Crippen molar-refractivity contribution in [1.29, 1.82) is 0 Å². The number of hydrogen-bond donors (Lipinski definition) is 0. The lowest BCUT2D eigenvalue weighted by atomic mass is 10.2. The number of halogens is 2. The third-order valence-electron chi connectivity index (χ3n) is 2.08. The molecule has 0 bridgehead atoms. The van der Waals surface area contributed by atoms with Gasteiger partial charge in [0.05, 0.1) is 0 Å². The summed E-state index contributed by atoms with van der Waals surface area (Å²) >= 11 is 11.7. The largest absolute Gasteiger partial charge is 0.340 e. The molecule has 1 aromatic rings. The summed E-state index contributed by atoms with van der Waals surface area (Å²) in [5.74, 6) is -0.100. The van der Waals surface area contributed by atoms with E-state index in [9.17, 15) is 4.79 Å². The number of rotatable bonds is 3. The molecule has 0 aromatic heterocycles. The first kappa shape index (κ1) is 12.3. The minimum absolute atomic E-state index is 0.100. The highest BCUT2D eigenvalue weighted by atomic mass is 35.5. The van der Waals surface area contributed by atoms with Crippen LogP contribution in [0.3, 0.4) is 0 Å². The summed E-state index contributed by atoms with van der Waals surface area (Å²) in [5.41, 5.74) is 0.923. The second-order valence-electron chi connectivity index (χ2n) is 3.40. The van der Waals surface area contributed by atoms with E-state index < -0.39 is 5.38 Å². The summed E-state index contributed by atoms with van der Waals surface area (Å²) in [5, 5.41) is 0.164. The first-order chi connectivity index (χ1) is 7.02. The van der Waals surface area contributed by atoms with Crippen LogP contribution >= 0.6 is 23.2 Å². The van der Waals surface area contributed by atoms with Crippen LogP contribution in [0.15, 0.2) is 24.3 Å².